The van der Waals surface area contributed by atoms with Crippen LogP contribution in [0.1, 0.15) is 50.2 Å². The van der Waals surface area contributed by atoms with Gasteiger partial charge in [-0.3, -0.25) is 0 Å². The van der Waals surface area contributed by atoms with Crippen molar-refractivity contribution in [2.24, 2.45) is 0 Å². The Morgan fingerprint density at radius 3 is 2.50 bits per heavy atom. The molecular weight excluding hydrogens is 248 g/mol. The van der Waals surface area contributed by atoms with Gasteiger partial charge in [-0.2, -0.15) is 0 Å². The van der Waals surface area contributed by atoms with Gasteiger partial charge >= 0.3 is 0 Å². The van der Waals surface area contributed by atoms with Crippen molar-refractivity contribution in [1.29, 1.82) is 0 Å². The van der Waals surface area contributed by atoms with Crippen LogP contribution in [0.4, 0.5) is 0 Å². The highest BCUT2D eigenvalue weighted by Crippen LogP contribution is 2.18. The van der Waals surface area contributed by atoms with E-state index < -0.39 is 0 Å². The number of hydrogen-bond donors (Lipinski definition) is 1. The molecule has 0 saturated carbocycles. The lowest BCUT2D eigenvalue weighted by atomic mass is 10.0. The minimum atomic E-state index is 0.364. The van der Waals surface area contributed by atoms with Gasteiger partial charge in [0, 0.05) is 12.6 Å². The van der Waals surface area contributed by atoms with Gasteiger partial charge in [-0.05, 0) is 30.9 Å². The van der Waals surface area contributed by atoms with Crippen LogP contribution in [-0.2, 0) is 19.5 Å². The van der Waals surface area contributed by atoms with Crippen LogP contribution < -0.4 is 5.32 Å². The summed E-state index contributed by atoms with van der Waals surface area (Å²) in [5.41, 5.74) is 2.72. The van der Waals surface area contributed by atoms with E-state index in [1.54, 1.807) is 6.33 Å². The van der Waals surface area contributed by atoms with Gasteiger partial charge in [-0.15, -0.1) is 10.2 Å². The average Bonchev–Trinajstić information content (AvgIpc) is 2.96. The van der Waals surface area contributed by atoms with Crippen LogP contribution in [0, 0.1) is 0 Å². The predicted octanol–water partition coefficient (Wildman–Crippen LogP) is 3.10. The molecule has 4 heteroatoms. The number of aromatic nitrogens is 3. The van der Waals surface area contributed by atoms with E-state index in [4.69, 9.17) is 0 Å². The molecule has 0 fully saturated rings. The summed E-state index contributed by atoms with van der Waals surface area (Å²) in [6, 6.07) is 9.25. The van der Waals surface area contributed by atoms with Crippen LogP contribution in [0.3, 0.4) is 0 Å². The Labute approximate surface area is 121 Å². The molecule has 0 bridgehead atoms. The number of nitrogens with zero attached hydrogens (tertiary/aromatic N) is 3. The van der Waals surface area contributed by atoms with Crippen LogP contribution in [0.25, 0.3) is 0 Å². The van der Waals surface area contributed by atoms with Crippen molar-refractivity contribution >= 4 is 0 Å². The fourth-order valence-corrected chi connectivity index (χ4v) is 2.38. The van der Waals surface area contributed by atoms with E-state index in [1.165, 1.54) is 11.1 Å². The van der Waals surface area contributed by atoms with Gasteiger partial charge in [-0.25, -0.2) is 0 Å². The van der Waals surface area contributed by atoms with E-state index >= 15 is 0 Å². The first-order valence-electron chi connectivity index (χ1n) is 7.47. The molecule has 1 heterocycles. The van der Waals surface area contributed by atoms with Crippen molar-refractivity contribution in [3.8, 4) is 0 Å². The quantitative estimate of drug-likeness (QED) is 0.842. The molecule has 0 aliphatic rings. The van der Waals surface area contributed by atoms with Gasteiger partial charge in [0.15, 0.2) is 0 Å². The Balaban J connectivity index is 2.01. The number of hydrogen-bond acceptors (Lipinski definition) is 3. The summed E-state index contributed by atoms with van der Waals surface area (Å²) in [5, 5.41) is 11.7. The van der Waals surface area contributed by atoms with Gasteiger partial charge in [0.25, 0.3) is 0 Å². The molecule has 2 aromatic rings. The molecule has 20 heavy (non-hydrogen) atoms. The Morgan fingerprint density at radius 1 is 1.15 bits per heavy atom. The second-order valence-corrected chi connectivity index (χ2v) is 4.97. The third kappa shape index (κ3) is 3.45. The monoisotopic (exact) mass is 272 g/mol. The van der Waals surface area contributed by atoms with E-state index in [2.05, 4.69) is 65.1 Å². The van der Waals surface area contributed by atoms with E-state index in [0.717, 1.165) is 31.8 Å². The summed E-state index contributed by atoms with van der Waals surface area (Å²) in [7, 11) is 0. The van der Waals surface area contributed by atoms with Crippen LogP contribution in [0.2, 0.25) is 0 Å². The van der Waals surface area contributed by atoms with Crippen molar-refractivity contribution in [3.63, 3.8) is 0 Å². The first-order valence-corrected chi connectivity index (χ1v) is 7.47. The number of rotatable bonds is 7. The SMILES string of the molecule is CCc1ccc(C(CC)NCc2nncn2CC)cc1. The zero-order valence-corrected chi connectivity index (χ0v) is 12.6. The molecule has 0 amide bonds. The Bertz CT molecular complexity index is 516. The summed E-state index contributed by atoms with van der Waals surface area (Å²) in [5.74, 6) is 0.996. The lowest BCUT2D eigenvalue weighted by Gasteiger charge is -2.17. The lowest BCUT2D eigenvalue weighted by Crippen LogP contribution is -2.22. The molecule has 2 rings (SSSR count). The number of benzene rings is 1. The standard InChI is InChI=1S/C16H24N4/c1-4-13-7-9-14(10-8-13)15(5-2)17-11-16-19-18-12-20(16)6-3/h7-10,12,15,17H,4-6,11H2,1-3H3. The second kappa shape index (κ2) is 7.20. The maximum atomic E-state index is 4.16. The fourth-order valence-electron chi connectivity index (χ4n) is 2.38. The van der Waals surface area contributed by atoms with Crippen molar-refractivity contribution in [3.05, 3.63) is 47.5 Å². The zero-order chi connectivity index (χ0) is 14.4. The van der Waals surface area contributed by atoms with Crippen molar-refractivity contribution in [2.45, 2.75) is 52.7 Å². The third-order valence-corrected chi connectivity index (χ3v) is 3.74. The third-order valence-electron chi connectivity index (χ3n) is 3.74. The molecule has 1 N–H and O–H groups in total. The highest BCUT2D eigenvalue weighted by atomic mass is 15.3. The number of nitrogens with one attached hydrogen (secondary N) is 1. The van der Waals surface area contributed by atoms with E-state index in [0.29, 0.717) is 6.04 Å². The highest BCUT2D eigenvalue weighted by molar-refractivity contribution is 5.25. The van der Waals surface area contributed by atoms with Crippen molar-refractivity contribution in [2.75, 3.05) is 0 Å². The summed E-state index contributed by atoms with van der Waals surface area (Å²) in [4.78, 5) is 0. The van der Waals surface area contributed by atoms with Crippen molar-refractivity contribution < 1.29 is 0 Å². The molecule has 0 saturated heterocycles. The summed E-state index contributed by atoms with van der Waals surface area (Å²) >= 11 is 0. The molecule has 1 atom stereocenters. The first-order chi connectivity index (χ1) is 9.78. The van der Waals surface area contributed by atoms with E-state index in [-0.39, 0.29) is 0 Å². The van der Waals surface area contributed by atoms with E-state index in [1.807, 2.05) is 0 Å². The minimum absolute atomic E-state index is 0.364. The summed E-state index contributed by atoms with van der Waals surface area (Å²) in [6.07, 6.45) is 3.93. The zero-order valence-electron chi connectivity index (χ0n) is 12.6. The predicted molar refractivity (Wildman–Crippen MR) is 81.4 cm³/mol. The maximum Gasteiger partial charge on any atom is 0.146 e. The van der Waals surface area contributed by atoms with Gasteiger partial charge in [0.1, 0.15) is 12.2 Å². The van der Waals surface area contributed by atoms with Gasteiger partial charge in [0.05, 0.1) is 6.54 Å². The van der Waals surface area contributed by atoms with Crippen LogP contribution >= 0.6 is 0 Å². The van der Waals surface area contributed by atoms with Crippen LogP contribution in [-0.4, -0.2) is 14.8 Å². The molecule has 0 spiro atoms. The second-order valence-electron chi connectivity index (χ2n) is 4.97. The molecule has 4 nitrogen and oxygen atoms in total. The van der Waals surface area contributed by atoms with Gasteiger partial charge < -0.3 is 9.88 Å². The lowest BCUT2D eigenvalue weighted by molar-refractivity contribution is 0.496. The van der Waals surface area contributed by atoms with Gasteiger partial charge in [-0.1, -0.05) is 38.1 Å². The van der Waals surface area contributed by atoms with Crippen molar-refractivity contribution in [1.82, 2.24) is 20.1 Å². The Morgan fingerprint density at radius 2 is 1.90 bits per heavy atom. The maximum absolute atomic E-state index is 4.16. The molecule has 1 unspecified atom stereocenters. The minimum Gasteiger partial charge on any atom is -0.317 e. The van der Waals surface area contributed by atoms with Crippen LogP contribution in [0.5, 0.6) is 0 Å². The largest absolute Gasteiger partial charge is 0.317 e. The molecular formula is C16H24N4. The molecule has 0 aliphatic carbocycles. The Hall–Kier alpha value is -1.68. The number of aryl methyl sites for hydroxylation is 2. The highest BCUT2D eigenvalue weighted by Gasteiger charge is 2.10. The van der Waals surface area contributed by atoms with Gasteiger partial charge in [0.2, 0.25) is 0 Å². The summed E-state index contributed by atoms with van der Waals surface area (Å²) in [6.45, 7) is 8.15. The smallest absolute Gasteiger partial charge is 0.146 e. The summed E-state index contributed by atoms with van der Waals surface area (Å²) < 4.78 is 2.07. The molecule has 1 aromatic heterocycles. The van der Waals surface area contributed by atoms with E-state index in [9.17, 15) is 0 Å². The fraction of sp³-hybridized carbons (Fsp3) is 0.500. The first kappa shape index (κ1) is 14.7. The Kier molecular flexibility index (Phi) is 5.30. The molecule has 0 radical (unpaired) electrons. The van der Waals surface area contributed by atoms with Crippen LogP contribution in [0.15, 0.2) is 30.6 Å². The molecule has 0 aliphatic heterocycles. The molecule has 108 valence electrons. The topological polar surface area (TPSA) is 42.7 Å². The average molecular weight is 272 g/mol. The normalized spacial score (nSPS) is 12.6. The molecule has 1 aromatic carbocycles.